The van der Waals surface area contributed by atoms with Crippen LogP contribution in [0.4, 0.5) is 4.39 Å². The smallest absolute Gasteiger partial charge is 0.321 e. The largest absolute Gasteiger partial charge is 0.456 e. The molecule has 6 nitrogen and oxygen atoms in total. The molecule has 1 N–H and O–H groups in total. The fraction of sp³-hybridized carbons (Fsp3) is 0.125. The van der Waals surface area contributed by atoms with Crippen LogP contribution in [0.3, 0.4) is 0 Å². The van der Waals surface area contributed by atoms with E-state index in [1.807, 2.05) is 4.72 Å². The first-order valence-corrected chi connectivity index (χ1v) is 8.36. The van der Waals surface area contributed by atoms with E-state index in [1.165, 1.54) is 0 Å². The van der Waals surface area contributed by atoms with Gasteiger partial charge < -0.3 is 4.74 Å². The number of hydrogen-bond acceptors (Lipinski definition) is 5. The van der Waals surface area contributed by atoms with E-state index in [4.69, 9.17) is 4.74 Å². The number of halogens is 1. The minimum Gasteiger partial charge on any atom is -0.456 e. The number of carbonyl (C=O) groups is 2. The van der Waals surface area contributed by atoms with Crippen LogP contribution >= 0.6 is 0 Å². The highest BCUT2D eigenvalue weighted by Crippen LogP contribution is 2.09. The van der Waals surface area contributed by atoms with E-state index in [9.17, 15) is 22.4 Å². The summed E-state index contributed by atoms with van der Waals surface area (Å²) in [6, 6.07) is 12.4. The number of ketones is 1. The van der Waals surface area contributed by atoms with E-state index < -0.39 is 40.7 Å². The maximum Gasteiger partial charge on any atom is 0.321 e. The summed E-state index contributed by atoms with van der Waals surface area (Å²) >= 11 is 0. The van der Waals surface area contributed by atoms with Gasteiger partial charge in [0.1, 0.15) is 12.4 Å². The molecule has 0 bridgehead atoms. The molecule has 0 aliphatic carbocycles. The number of nitrogens with one attached hydrogen (secondary N) is 1. The summed E-state index contributed by atoms with van der Waals surface area (Å²) in [5.41, 5.74) is 0.386. The van der Waals surface area contributed by atoms with Gasteiger partial charge in [0.25, 0.3) is 0 Å². The lowest BCUT2D eigenvalue weighted by Crippen LogP contribution is -2.31. The molecule has 0 aliphatic heterocycles. The molecule has 0 atom stereocenters. The average Bonchev–Trinajstić information content (AvgIpc) is 2.59. The normalized spacial score (nSPS) is 11.0. The fourth-order valence-corrected chi connectivity index (χ4v) is 2.72. The van der Waals surface area contributed by atoms with Crippen molar-refractivity contribution in [2.75, 3.05) is 13.2 Å². The SMILES string of the molecule is O=C(CNS(=O)(=O)c1ccc(F)cc1)OCC(=O)c1ccccc1. The maximum absolute atomic E-state index is 12.8. The molecule has 0 fully saturated rings. The lowest BCUT2D eigenvalue weighted by Gasteiger charge is -2.07. The molecule has 24 heavy (non-hydrogen) atoms. The van der Waals surface area contributed by atoms with Crippen molar-refractivity contribution in [3.8, 4) is 0 Å². The summed E-state index contributed by atoms with van der Waals surface area (Å²) in [7, 11) is -3.97. The van der Waals surface area contributed by atoms with Crippen molar-refractivity contribution >= 4 is 21.8 Å². The fourth-order valence-electron chi connectivity index (χ4n) is 1.76. The summed E-state index contributed by atoms with van der Waals surface area (Å²) in [5, 5.41) is 0. The van der Waals surface area contributed by atoms with Crippen LogP contribution in [0.2, 0.25) is 0 Å². The van der Waals surface area contributed by atoms with Crippen molar-refractivity contribution < 1.29 is 27.1 Å². The maximum atomic E-state index is 12.8. The van der Waals surface area contributed by atoms with Gasteiger partial charge in [-0.15, -0.1) is 0 Å². The molecule has 0 aliphatic rings. The van der Waals surface area contributed by atoms with Crippen LogP contribution in [-0.4, -0.2) is 33.3 Å². The zero-order valence-corrected chi connectivity index (χ0v) is 13.3. The van der Waals surface area contributed by atoms with Crippen LogP contribution in [0.5, 0.6) is 0 Å². The van der Waals surface area contributed by atoms with E-state index in [1.54, 1.807) is 30.3 Å². The second-order valence-corrected chi connectivity index (χ2v) is 6.50. The molecular formula is C16H14FNO5S. The van der Waals surface area contributed by atoms with Gasteiger partial charge in [0.2, 0.25) is 10.0 Å². The Hall–Kier alpha value is -2.58. The van der Waals surface area contributed by atoms with Gasteiger partial charge in [-0.3, -0.25) is 9.59 Å². The standard InChI is InChI=1S/C16H14FNO5S/c17-13-6-8-14(9-7-13)24(21,22)18-10-16(20)23-11-15(19)12-4-2-1-3-5-12/h1-9,18H,10-11H2. The van der Waals surface area contributed by atoms with Gasteiger partial charge in [0.15, 0.2) is 12.4 Å². The van der Waals surface area contributed by atoms with Crippen LogP contribution in [0, 0.1) is 5.82 Å². The van der Waals surface area contributed by atoms with E-state index in [0.717, 1.165) is 24.3 Å². The first kappa shape index (κ1) is 17.8. The third kappa shape index (κ3) is 4.97. The summed E-state index contributed by atoms with van der Waals surface area (Å²) in [5.74, 6) is -1.87. The first-order valence-electron chi connectivity index (χ1n) is 6.87. The average molecular weight is 351 g/mol. The Bertz CT molecular complexity index is 819. The highest BCUT2D eigenvalue weighted by atomic mass is 32.2. The number of hydrogen-bond donors (Lipinski definition) is 1. The molecule has 0 aromatic heterocycles. The molecule has 0 heterocycles. The van der Waals surface area contributed by atoms with E-state index in [0.29, 0.717) is 5.56 Å². The number of sulfonamides is 1. The predicted molar refractivity (Wildman–Crippen MR) is 83.3 cm³/mol. The highest BCUT2D eigenvalue weighted by molar-refractivity contribution is 7.89. The minimum atomic E-state index is -3.97. The third-order valence-electron chi connectivity index (χ3n) is 2.99. The number of esters is 1. The molecular weight excluding hydrogens is 337 g/mol. The second-order valence-electron chi connectivity index (χ2n) is 4.73. The Morgan fingerprint density at radius 3 is 2.25 bits per heavy atom. The Morgan fingerprint density at radius 1 is 1.00 bits per heavy atom. The lowest BCUT2D eigenvalue weighted by molar-refractivity contribution is -0.141. The van der Waals surface area contributed by atoms with Crippen molar-refractivity contribution in [1.29, 1.82) is 0 Å². The number of rotatable bonds is 7. The quantitative estimate of drug-likeness (QED) is 0.604. The zero-order valence-electron chi connectivity index (χ0n) is 12.4. The predicted octanol–water partition coefficient (Wildman–Crippen LogP) is 1.53. The van der Waals surface area contributed by atoms with Gasteiger partial charge in [-0.25, -0.2) is 12.8 Å². The van der Waals surface area contributed by atoms with Crippen molar-refractivity contribution in [1.82, 2.24) is 4.72 Å². The molecule has 2 aromatic rings. The van der Waals surface area contributed by atoms with Gasteiger partial charge in [0, 0.05) is 5.56 Å². The van der Waals surface area contributed by atoms with Crippen LogP contribution in [0.1, 0.15) is 10.4 Å². The monoisotopic (exact) mass is 351 g/mol. The van der Waals surface area contributed by atoms with Crippen molar-refractivity contribution in [3.05, 3.63) is 66.0 Å². The van der Waals surface area contributed by atoms with E-state index in [-0.39, 0.29) is 4.90 Å². The third-order valence-corrected chi connectivity index (χ3v) is 4.41. The minimum absolute atomic E-state index is 0.183. The Kier molecular flexibility index (Phi) is 5.78. The van der Waals surface area contributed by atoms with Crippen molar-refractivity contribution in [3.63, 3.8) is 0 Å². The van der Waals surface area contributed by atoms with E-state index >= 15 is 0 Å². The van der Waals surface area contributed by atoms with Gasteiger partial charge >= 0.3 is 5.97 Å². The number of Topliss-reactive ketones (excluding diaryl/α,β-unsaturated/α-hetero) is 1. The molecule has 0 unspecified atom stereocenters. The molecule has 2 rings (SSSR count). The summed E-state index contributed by atoms with van der Waals surface area (Å²) in [6.45, 7) is -1.12. The Labute approximate surface area is 138 Å². The summed E-state index contributed by atoms with van der Waals surface area (Å²) in [4.78, 5) is 23.1. The van der Waals surface area contributed by atoms with Crippen LogP contribution in [0.25, 0.3) is 0 Å². The Morgan fingerprint density at radius 2 is 1.62 bits per heavy atom. The van der Waals surface area contributed by atoms with Gasteiger partial charge in [0.05, 0.1) is 4.90 Å². The number of carbonyl (C=O) groups excluding carboxylic acids is 2. The topological polar surface area (TPSA) is 89.5 Å². The van der Waals surface area contributed by atoms with Crippen LogP contribution < -0.4 is 4.72 Å². The molecule has 0 amide bonds. The molecule has 126 valence electrons. The summed E-state index contributed by atoms with van der Waals surface area (Å²) in [6.07, 6.45) is 0. The van der Waals surface area contributed by atoms with Crippen molar-refractivity contribution in [2.24, 2.45) is 0 Å². The number of benzene rings is 2. The van der Waals surface area contributed by atoms with E-state index in [2.05, 4.69) is 0 Å². The zero-order chi connectivity index (χ0) is 17.6. The number of ether oxygens (including phenoxy) is 1. The lowest BCUT2D eigenvalue weighted by atomic mass is 10.1. The molecule has 2 aromatic carbocycles. The molecule has 0 radical (unpaired) electrons. The molecule has 0 saturated carbocycles. The molecule has 8 heteroatoms. The highest BCUT2D eigenvalue weighted by Gasteiger charge is 2.17. The summed E-state index contributed by atoms with van der Waals surface area (Å²) < 4.78 is 43.3. The van der Waals surface area contributed by atoms with Crippen LogP contribution in [0.15, 0.2) is 59.5 Å². The Balaban J connectivity index is 1.84. The van der Waals surface area contributed by atoms with Crippen molar-refractivity contribution in [2.45, 2.75) is 4.90 Å². The van der Waals surface area contributed by atoms with Crippen LogP contribution in [-0.2, 0) is 19.6 Å². The van der Waals surface area contributed by atoms with Gasteiger partial charge in [-0.1, -0.05) is 30.3 Å². The van der Waals surface area contributed by atoms with Gasteiger partial charge in [-0.05, 0) is 24.3 Å². The first-order chi connectivity index (χ1) is 11.4. The molecule has 0 saturated heterocycles. The molecule has 0 spiro atoms. The second kappa shape index (κ2) is 7.80. The van der Waals surface area contributed by atoms with Gasteiger partial charge in [-0.2, -0.15) is 4.72 Å².